The fourth-order valence-corrected chi connectivity index (χ4v) is 4.89. The molecule has 1 aromatic heterocycles. The number of aromatic nitrogens is 3. The highest BCUT2D eigenvalue weighted by Gasteiger charge is 2.26. The summed E-state index contributed by atoms with van der Waals surface area (Å²) in [6.45, 7) is 5.00. The van der Waals surface area contributed by atoms with Gasteiger partial charge in [-0.25, -0.2) is 0 Å². The Hall–Kier alpha value is -2.60. The van der Waals surface area contributed by atoms with Gasteiger partial charge in [0.25, 0.3) is 0 Å². The summed E-state index contributed by atoms with van der Waals surface area (Å²) in [5.74, 6) is 0.990. The van der Waals surface area contributed by atoms with Crippen LogP contribution in [0.5, 0.6) is 0 Å². The molecule has 2 aromatic carbocycles. The molecule has 29 heavy (non-hydrogen) atoms. The van der Waals surface area contributed by atoms with Gasteiger partial charge in [-0.2, -0.15) is 0 Å². The summed E-state index contributed by atoms with van der Waals surface area (Å²) in [7, 11) is 0. The molecule has 0 fully saturated rings. The van der Waals surface area contributed by atoms with E-state index in [4.69, 9.17) is 0 Å². The SMILES string of the molecule is Cc1cc(C)cc(NC(=O)[C@@H](Sc2nnc3n2CCCCC3)c2ccccc2)c1. The number of benzene rings is 2. The zero-order valence-electron chi connectivity index (χ0n) is 16.9. The van der Waals surface area contributed by atoms with E-state index in [-0.39, 0.29) is 5.91 Å². The van der Waals surface area contributed by atoms with Crippen molar-refractivity contribution in [2.45, 2.75) is 56.5 Å². The molecule has 1 aliphatic rings. The number of hydrogen-bond acceptors (Lipinski definition) is 4. The Labute approximate surface area is 175 Å². The number of fused-ring (bicyclic) bond motifs is 1. The summed E-state index contributed by atoms with van der Waals surface area (Å²) in [5, 5.41) is 12.3. The van der Waals surface area contributed by atoms with Gasteiger partial charge in [0, 0.05) is 18.7 Å². The molecule has 0 saturated heterocycles. The maximum atomic E-state index is 13.3. The van der Waals surface area contributed by atoms with Crippen molar-refractivity contribution in [3.63, 3.8) is 0 Å². The summed E-state index contributed by atoms with van der Waals surface area (Å²) in [4.78, 5) is 13.3. The van der Waals surface area contributed by atoms with Crippen LogP contribution in [0.2, 0.25) is 0 Å². The molecule has 1 amide bonds. The largest absolute Gasteiger partial charge is 0.325 e. The van der Waals surface area contributed by atoms with Crippen molar-refractivity contribution in [1.29, 1.82) is 0 Å². The van der Waals surface area contributed by atoms with E-state index in [1.807, 2.05) is 56.3 Å². The predicted molar refractivity (Wildman–Crippen MR) is 117 cm³/mol. The number of carbonyl (C=O) groups is 1. The highest BCUT2D eigenvalue weighted by Crippen LogP contribution is 2.36. The first-order valence-electron chi connectivity index (χ1n) is 10.1. The van der Waals surface area contributed by atoms with Crippen LogP contribution >= 0.6 is 11.8 Å². The van der Waals surface area contributed by atoms with Crippen LogP contribution in [0.1, 0.15) is 47.0 Å². The van der Waals surface area contributed by atoms with Crippen LogP contribution in [0.3, 0.4) is 0 Å². The number of thioether (sulfide) groups is 1. The number of nitrogens with zero attached hydrogens (tertiary/aromatic N) is 3. The molecule has 6 heteroatoms. The highest BCUT2D eigenvalue weighted by molar-refractivity contribution is 8.00. The van der Waals surface area contributed by atoms with Crippen LogP contribution in [0.15, 0.2) is 53.7 Å². The van der Waals surface area contributed by atoms with Gasteiger partial charge in [0.2, 0.25) is 5.91 Å². The van der Waals surface area contributed by atoms with Gasteiger partial charge in [-0.3, -0.25) is 4.79 Å². The van der Waals surface area contributed by atoms with Crippen molar-refractivity contribution >= 4 is 23.4 Å². The fraction of sp³-hybridized carbons (Fsp3) is 0.348. The molecular weight excluding hydrogens is 380 g/mol. The summed E-state index contributed by atoms with van der Waals surface area (Å²) in [5.41, 5.74) is 4.05. The van der Waals surface area contributed by atoms with Crippen LogP contribution < -0.4 is 5.32 Å². The minimum absolute atomic E-state index is 0.0443. The highest BCUT2D eigenvalue weighted by atomic mass is 32.2. The number of anilines is 1. The molecule has 2 heterocycles. The van der Waals surface area contributed by atoms with E-state index >= 15 is 0 Å². The second-order valence-corrected chi connectivity index (χ2v) is 8.71. The summed E-state index contributed by atoms with van der Waals surface area (Å²) in [6.07, 6.45) is 4.45. The third kappa shape index (κ3) is 4.70. The number of amides is 1. The number of nitrogens with one attached hydrogen (secondary N) is 1. The molecule has 3 aromatic rings. The van der Waals surface area contributed by atoms with Crippen molar-refractivity contribution < 1.29 is 4.79 Å². The van der Waals surface area contributed by atoms with Crippen molar-refractivity contribution in [3.8, 4) is 0 Å². The average Bonchev–Trinajstić information content (AvgIpc) is 2.91. The van der Waals surface area contributed by atoms with Crippen LogP contribution in [-0.4, -0.2) is 20.7 Å². The molecule has 0 bridgehead atoms. The Morgan fingerprint density at radius 3 is 2.55 bits per heavy atom. The predicted octanol–water partition coefficient (Wildman–Crippen LogP) is 5.09. The van der Waals surface area contributed by atoms with Crippen LogP contribution in [0, 0.1) is 13.8 Å². The smallest absolute Gasteiger partial charge is 0.242 e. The Morgan fingerprint density at radius 1 is 1.03 bits per heavy atom. The lowest BCUT2D eigenvalue weighted by molar-refractivity contribution is -0.115. The second kappa shape index (κ2) is 8.82. The lowest BCUT2D eigenvalue weighted by Crippen LogP contribution is -2.20. The third-order valence-electron chi connectivity index (χ3n) is 5.13. The zero-order valence-corrected chi connectivity index (χ0v) is 17.7. The topological polar surface area (TPSA) is 59.8 Å². The Kier molecular flexibility index (Phi) is 6.00. The summed E-state index contributed by atoms with van der Waals surface area (Å²) >= 11 is 1.49. The first kappa shape index (κ1) is 19.7. The van der Waals surface area contributed by atoms with Crippen molar-refractivity contribution in [3.05, 3.63) is 71.0 Å². The third-order valence-corrected chi connectivity index (χ3v) is 6.36. The Bertz CT molecular complexity index is 979. The number of carbonyl (C=O) groups excluding carboxylic acids is 1. The first-order chi connectivity index (χ1) is 14.1. The van der Waals surface area contributed by atoms with Gasteiger partial charge in [0.05, 0.1) is 0 Å². The lowest BCUT2D eigenvalue weighted by Gasteiger charge is -2.17. The summed E-state index contributed by atoms with van der Waals surface area (Å²) < 4.78 is 2.19. The maximum absolute atomic E-state index is 13.3. The lowest BCUT2D eigenvalue weighted by atomic mass is 10.1. The monoisotopic (exact) mass is 406 g/mol. The summed E-state index contributed by atoms with van der Waals surface area (Å²) in [6, 6.07) is 16.0. The standard InChI is InChI=1S/C23H26N4OS/c1-16-13-17(2)15-19(14-16)24-22(28)21(18-9-5-3-6-10-18)29-23-26-25-20-11-7-4-8-12-27(20)23/h3,5-6,9-10,13-15,21H,4,7-8,11-12H2,1-2H3,(H,24,28)/t21-/m0/s1. The molecule has 0 spiro atoms. The number of aryl methyl sites for hydroxylation is 3. The van der Waals surface area contributed by atoms with Gasteiger partial charge in [0.15, 0.2) is 5.16 Å². The van der Waals surface area contributed by atoms with Gasteiger partial charge in [-0.05, 0) is 55.5 Å². The quantitative estimate of drug-likeness (QED) is 0.599. The van der Waals surface area contributed by atoms with Gasteiger partial charge < -0.3 is 9.88 Å². The van der Waals surface area contributed by atoms with Crippen LogP contribution in [0.25, 0.3) is 0 Å². The number of hydrogen-bond donors (Lipinski definition) is 1. The molecule has 0 unspecified atom stereocenters. The molecule has 4 rings (SSSR count). The van der Waals surface area contributed by atoms with Crippen LogP contribution in [-0.2, 0) is 17.8 Å². The minimum Gasteiger partial charge on any atom is -0.325 e. The van der Waals surface area contributed by atoms with Gasteiger partial charge in [0.1, 0.15) is 11.1 Å². The van der Waals surface area contributed by atoms with E-state index in [1.165, 1.54) is 18.2 Å². The normalized spacial score (nSPS) is 14.7. The molecule has 1 atom stereocenters. The second-order valence-electron chi connectivity index (χ2n) is 7.64. The molecule has 150 valence electrons. The number of rotatable bonds is 5. The van der Waals surface area contributed by atoms with Crippen LogP contribution in [0.4, 0.5) is 5.69 Å². The van der Waals surface area contributed by atoms with E-state index in [0.29, 0.717) is 0 Å². The van der Waals surface area contributed by atoms with Gasteiger partial charge >= 0.3 is 0 Å². The van der Waals surface area contributed by atoms with Gasteiger partial charge in [-0.15, -0.1) is 10.2 Å². The minimum atomic E-state index is -0.395. The molecule has 0 saturated carbocycles. The Balaban J connectivity index is 1.62. The first-order valence-corrected chi connectivity index (χ1v) is 11.0. The van der Waals surface area contributed by atoms with E-state index in [1.54, 1.807) is 0 Å². The molecule has 1 aliphatic heterocycles. The molecular formula is C23H26N4OS. The Morgan fingerprint density at radius 2 is 1.79 bits per heavy atom. The van der Waals surface area contributed by atoms with Crippen molar-refractivity contribution in [2.24, 2.45) is 0 Å². The maximum Gasteiger partial charge on any atom is 0.242 e. The molecule has 0 aliphatic carbocycles. The fourth-order valence-electron chi connectivity index (χ4n) is 3.81. The molecule has 5 nitrogen and oxygen atoms in total. The van der Waals surface area contributed by atoms with E-state index < -0.39 is 5.25 Å². The van der Waals surface area contributed by atoms with E-state index in [2.05, 4.69) is 26.1 Å². The van der Waals surface area contributed by atoms with E-state index in [9.17, 15) is 4.79 Å². The van der Waals surface area contributed by atoms with E-state index in [0.717, 1.165) is 59.2 Å². The average molecular weight is 407 g/mol. The molecule has 1 N–H and O–H groups in total. The van der Waals surface area contributed by atoms with Crippen molar-refractivity contribution in [1.82, 2.24) is 14.8 Å². The van der Waals surface area contributed by atoms with Crippen molar-refractivity contribution in [2.75, 3.05) is 5.32 Å². The zero-order chi connectivity index (χ0) is 20.2. The van der Waals surface area contributed by atoms with Gasteiger partial charge in [-0.1, -0.05) is 54.6 Å². The molecule has 0 radical (unpaired) electrons.